The molecule has 122 valence electrons. The van der Waals surface area contributed by atoms with Crippen molar-refractivity contribution in [3.8, 4) is 16.9 Å². The van der Waals surface area contributed by atoms with Crippen LogP contribution in [-0.2, 0) is 11.3 Å². The summed E-state index contributed by atoms with van der Waals surface area (Å²) in [6, 6.07) is 15.6. The van der Waals surface area contributed by atoms with E-state index in [4.69, 9.17) is 10.5 Å². The lowest BCUT2D eigenvalue weighted by Crippen LogP contribution is -2.43. The molecule has 23 heavy (non-hydrogen) atoms. The van der Waals surface area contributed by atoms with Gasteiger partial charge < -0.3 is 15.8 Å². The second-order valence-electron chi connectivity index (χ2n) is 5.92. The molecule has 0 fully saturated rings. The Morgan fingerprint density at radius 3 is 2.43 bits per heavy atom. The maximum Gasteiger partial charge on any atom is 0.237 e. The van der Waals surface area contributed by atoms with E-state index in [1.165, 1.54) is 0 Å². The van der Waals surface area contributed by atoms with Crippen LogP contribution < -0.4 is 15.8 Å². The molecule has 0 heterocycles. The monoisotopic (exact) mass is 312 g/mol. The smallest absolute Gasteiger partial charge is 0.237 e. The Morgan fingerprint density at radius 1 is 1.13 bits per heavy atom. The highest BCUT2D eigenvalue weighted by Gasteiger charge is 2.16. The molecule has 2 rings (SSSR count). The Balaban J connectivity index is 2.01. The fourth-order valence-electron chi connectivity index (χ4n) is 2.23. The fraction of sp³-hybridized carbons (Fsp3) is 0.316. The zero-order valence-corrected chi connectivity index (χ0v) is 13.9. The van der Waals surface area contributed by atoms with E-state index in [0.29, 0.717) is 6.54 Å². The molecule has 0 aliphatic carbocycles. The van der Waals surface area contributed by atoms with Crippen molar-refractivity contribution < 1.29 is 9.53 Å². The van der Waals surface area contributed by atoms with Gasteiger partial charge in [-0.25, -0.2) is 0 Å². The van der Waals surface area contributed by atoms with Crippen LogP contribution in [0.5, 0.6) is 5.75 Å². The van der Waals surface area contributed by atoms with E-state index in [0.717, 1.165) is 22.4 Å². The Bertz CT molecular complexity index is 651. The number of rotatable bonds is 6. The van der Waals surface area contributed by atoms with Crippen LogP contribution in [0.25, 0.3) is 11.1 Å². The average Bonchev–Trinajstić information content (AvgIpc) is 2.59. The Kier molecular flexibility index (Phi) is 5.77. The molecule has 0 saturated carbocycles. The molecule has 3 N–H and O–H groups in total. The van der Waals surface area contributed by atoms with Crippen molar-refractivity contribution in [3.63, 3.8) is 0 Å². The first-order valence-corrected chi connectivity index (χ1v) is 7.78. The number of methoxy groups -OCH3 is 1. The summed E-state index contributed by atoms with van der Waals surface area (Å²) in [5.74, 6) is 0.851. The van der Waals surface area contributed by atoms with E-state index >= 15 is 0 Å². The first-order chi connectivity index (χ1) is 11.0. The molecule has 4 heteroatoms. The summed E-state index contributed by atoms with van der Waals surface area (Å²) in [6.45, 7) is 4.36. The van der Waals surface area contributed by atoms with E-state index in [2.05, 4.69) is 5.32 Å². The van der Waals surface area contributed by atoms with Crippen molar-refractivity contribution in [2.45, 2.75) is 26.4 Å². The minimum atomic E-state index is -0.467. The number of nitrogens with one attached hydrogen (secondary N) is 1. The highest BCUT2D eigenvalue weighted by molar-refractivity contribution is 5.81. The first kappa shape index (κ1) is 17.0. The third kappa shape index (κ3) is 4.57. The van der Waals surface area contributed by atoms with Gasteiger partial charge in [-0.2, -0.15) is 0 Å². The molecule has 0 spiro atoms. The molecule has 0 saturated heterocycles. The zero-order valence-electron chi connectivity index (χ0n) is 13.9. The van der Waals surface area contributed by atoms with Gasteiger partial charge in [-0.05, 0) is 34.7 Å². The number of ether oxygens (including phenoxy) is 1. The highest BCUT2D eigenvalue weighted by Crippen LogP contribution is 2.24. The van der Waals surface area contributed by atoms with Crippen molar-refractivity contribution in [2.24, 2.45) is 11.7 Å². The number of hydrogen-bond acceptors (Lipinski definition) is 3. The minimum absolute atomic E-state index is 0.114. The molecule has 0 aromatic heterocycles. The van der Waals surface area contributed by atoms with E-state index in [1.807, 2.05) is 62.4 Å². The number of carbonyl (C=O) groups excluding carboxylic acids is 1. The number of carbonyl (C=O) groups is 1. The van der Waals surface area contributed by atoms with Gasteiger partial charge >= 0.3 is 0 Å². The van der Waals surface area contributed by atoms with Crippen molar-refractivity contribution >= 4 is 5.91 Å². The second-order valence-corrected chi connectivity index (χ2v) is 5.92. The Morgan fingerprint density at radius 2 is 1.83 bits per heavy atom. The maximum absolute atomic E-state index is 11.9. The summed E-state index contributed by atoms with van der Waals surface area (Å²) in [6.07, 6.45) is 0. The molecular formula is C19H24N2O2. The van der Waals surface area contributed by atoms with Gasteiger partial charge in [-0.3, -0.25) is 4.79 Å². The number of hydrogen-bond donors (Lipinski definition) is 2. The van der Waals surface area contributed by atoms with E-state index in [1.54, 1.807) is 7.11 Å². The van der Waals surface area contributed by atoms with Crippen LogP contribution >= 0.6 is 0 Å². The van der Waals surface area contributed by atoms with Gasteiger partial charge in [0, 0.05) is 6.54 Å². The van der Waals surface area contributed by atoms with Gasteiger partial charge in [0.2, 0.25) is 5.91 Å². The zero-order chi connectivity index (χ0) is 16.8. The van der Waals surface area contributed by atoms with Crippen LogP contribution in [0.1, 0.15) is 19.4 Å². The number of nitrogens with two attached hydrogens (primary N) is 1. The molecule has 0 unspecified atom stereocenters. The third-order valence-electron chi connectivity index (χ3n) is 3.84. The molecule has 0 aliphatic heterocycles. The maximum atomic E-state index is 11.9. The van der Waals surface area contributed by atoms with Crippen LogP contribution in [0, 0.1) is 5.92 Å². The predicted octanol–water partition coefficient (Wildman–Crippen LogP) is 2.96. The average molecular weight is 312 g/mol. The summed E-state index contributed by atoms with van der Waals surface area (Å²) >= 11 is 0. The Labute approximate surface area is 137 Å². The van der Waals surface area contributed by atoms with Crippen LogP contribution in [0.3, 0.4) is 0 Å². The molecule has 1 amide bonds. The van der Waals surface area contributed by atoms with E-state index in [-0.39, 0.29) is 11.8 Å². The molecule has 2 aromatic carbocycles. The number of amides is 1. The Hall–Kier alpha value is -2.33. The quantitative estimate of drug-likeness (QED) is 0.862. The summed E-state index contributed by atoms with van der Waals surface area (Å²) < 4.78 is 5.25. The molecule has 4 nitrogen and oxygen atoms in total. The van der Waals surface area contributed by atoms with E-state index in [9.17, 15) is 4.79 Å². The van der Waals surface area contributed by atoms with Crippen molar-refractivity contribution in [3.05, 3.63) is 54.1 Å². The highest BCUT2D eigenvalue weighted by atomic mass is 16.5. The summed E-state index contributed by atoms with van der Waals surface area (Å²) in [7, 11) is 1.66. The van der Waals surface area contributed by atoms with Gasteiger partial charge in [0.15, 0.2) is 0 Å². The number of benzene rings is 2. The third-order valence-corrected chi connectivity index (χ3v) is 3.84. The van der Waals surface area contributed by atoms with Crippen molar-refractivity contribution in [1.29, 1.82) is 0 Å². The SMILES string of the molecule is COc1cccc(-c2ccc(CNC(=O)[C@@H](N)C(C)C)cc2)c1. The fourth-order valence-corrected chi connectivity index (χ4v) is 2.23. The molecule has 0 aliphatic rings. The van der Waals surface area contributed by atoms with Crippen molar-refractivity contribution in [2.75, 3.05) is 7.11 Å². The molecule has 1 atom stereocenters. The molecule has 0 bridgehead atoms. The van der Waals surface area contributed by atoms with Crippen LogP contribution in [0.2, 0.25) is 0 Å². The van der Waals surface area contributed by atoms with Crippen LogP contribution in [0.15, 0.2) is 48.5 Å². The summed E-state index contributed by atoms with van der Waals surface area (Å²) in [5, 5.41) is 2.87. The van der Waals surface area contributed by atoms with Crippen LogP contribution in [0.4, 0.5) is 0 Å². The standard InChI is InChI=1S/C19H24N2O2/c1-13(2)18(20)19(22)21-12-14-7-9-15(10-8-14)16-5-4-6-17(11-16)23-3/h4-11,13,18H,12,20H2,1-3H3,(H,21,22)/t18-/m0/s1. The lowest BCUT2D eigenvalue weighted by atomic mass is 10.0. The largest absolute Gasteiger partial charge is 0.497 e. The summed E-state index contributed by atoms with van der Waals surface area (Å²) in [4.78, 5) is 11.9. The summed E-state index contributed by atoms with van der Waals surface area (Å²) in [5.41, 5.74) is 9.08. The van der Waals surface area contributed by atoms with Gasteiger partial charge in [-0.15, -0.1) is 0 Å². The minimum Gasteiger partial charge on any atom is -0.497 e. The second kappa shape index (κ2) is 7.79. The first-order valence-electron chi connectivity index (χ1n) is 7.78. The van der Waals surface area contributed by atoms with Crippen molar-refractivity contribution in [1.82, 2.24) is 5.32 Å². The van der Waals surface area contributed by atoms with Gasteiger partial charge in [0.1, 0.15) is 5.75 Å². The molecular weight excluding hydrogens is 288 g/mol. The predicted molar refractivity (Wildman–Crippen MR) is 93.1 cm³/mol. The molecule has 2 aromatic rings. The van der Waals surface area contributed by atoms with Crippen LogP contribution in [-0.4, -0.2) is 19.1 Å². The topological polar surface area (TPSA) is 64.3 Å². The van der Waals surface area contributed by atoms with E-state index < -0.39 is 6.04 Å². The lowest BCUT2D eigenvalue weighted by Gasteiger charge is -2.15. The van der Waals surface area contributed by atoms with Gasteiger partial charge in [0.25, 0.3) is 0 Å². The normalized spacial score (nSPS) is 12.0. The molecule has 0 radical (unpaired) electrons. The van der Waals surface area contributed by atoms with Gasteiger partial charge in [-0.1, -0.05) is 50.2 Å². The lowest BCUT2D eigenvalue weighted by molar-refractivity contribution is -0.123. The van der Waals surface area contributed by atoms with Gasteiger partial charge in [0.05, 0.1) is 13.2 Å².